The molecule has 0 aliphatic heterocycles. The molecule has 0 fully saturated rings. The van der Waals surface area contributed by atoms with E-state index in [1.54, 1.807) is 45.9 Å². The van der Waals surface area contributed by atoms with Gasteiger partial charge in [0.1, 0.15) is 12.4 Å². The van der Waals surface area contributed by atoms with Gasteiger partial charge in [-0.1, -0.05) is 68.4 Å². The van der Waals surface area contributed by atoms with Crippen molar-refractivity contribution >= 4 is 28.7 Å². The number of alkyl halides is 3. The first kappa shape index (κ1) is 46.6. The average molecular weight is 845 g/mol. The summed E-state index contributed by atoms with van der Waals surface area (Å²) in [4.78, 5) is 54.7. The van der Waals surface area contributed by atoms with Crippen molar-refractivity contribution in [3.05, 3.63) is 135 Å². The van der Waals surface area contributed by atoms with Crippen molar-refractivity contribution in [2.24, 2.45) is 0 Å². The molecule has 4 N–H and O–H groups in total. The van der Waals surface area contributed by atoms with Crippen LogP contribution in [0.3, 0.4) is 0 Å². The van der Waals surface area contributed by atoms with Gasteiger partial charge < -0.3 is 34.8 Å². The number of carbonyl (C=O) groups excluding carboxylic acids is 1. The Bertz CT molecular complexity index is 2320. The van der Waals surface area contributed by atoms with E-state index < -0.39 is 58.9 Å². The molecule has 60 heavy (non-hydrogen) atoms. The molecule has 0 aliphatic carbocycles. The number of hydrogen-bond acceptors (Lipinski definition) is 8. The van der Waals surface area contributed by atoms with Crippen LogP contribution in [0.5, 0.6) is 0 Å². The highest BCUT2D eigenvalue weighted by Gasteiger charge is 2.30. The number of aliphatic hydroxyl groups is 2. The number of para-hydroxylation sites is 1. The molecule has 0 aliphatic rings. The van der Waals surface area contributed by atoms with Crippen molar-refractivity contribution in [3.63, 3.8) is 0 Å². The molecule has 18 heteroatoms. The Morgan fingerprint density at radius 3 is 1.87 bits per heavy atom. The summed E-state index contributed by atoms with van der Waals surface area (Å²) in [5.41, 5.74) is 1.23. The Balaban J connectivity index is 0.000000703. The molecular formula is C42H42F6N4O8. The van der Waals surface area contributed by atoms with Gasteiger partial charge in [-0.15, -0.1) is 0 Å². The van der Waals surface area contributed by atoms with E-state index in [9.17, 15) is 45.5 Å². The Morgan fingerprint density at radius 2 is 1.32 bits per heavy atom. The molecule has 2 atom stereocenters. The summed E-state index contributed by atoms with van der Waals surface area (Å²) in [6, 6.07) is 20.8. The lowest BCUT2D eigenvalue weighted by molar-refractivity contribution is -0.165. The van der Waals surface area contributed by atoms with Crippen LogP contribution in [-0.2, 0) is 46.5 Å². The minimum absolute atomic E-state index is 0.0276. The second-order valence-corrected chi connectivity index (χ2v) is 13.5. The molecule has 1 heterocycles. The van der Waals surface area contributed by atoms with Crippen LogP contribution in [0.25, 0.3) is 22.0 Å². The number of likely N-dealkylation sites (N-methyl/N-ethyl adjacent to an activating group) is 1. The molecule has 4 aromatic carbocycles. The van der Waals surface area contributed by atoms with Crippen LogP contribution in [-0.4, -0.2) is 96.0 Å². The number of carbonyl (C=O) groups is 3. The molecule has 1 amide bonds. The van der Waals surface area contributed by atoms with Gasteiger partial charge in [0.05, 0.1) is 16.5 Å². The van der Waals surface area contributed by atoms with Crippen molar-refractivity contribution < 1.29 is 61.2 Å². The van der Waals surface area contributed by atoms with Crippen LogP contribution in [0.15, 0.2) is 89.7 Å². The smallest absolute Gasteiger partial charge is 0.416 e. The van der Waals surface area contributed by atoms with Crippen molar-refractivity contribution in [1.29, 1.82) is 0 Å². The second kappa shape index (κ2) is 20.7. The van der Waals surface area contributed by atoms with Gasteiger partial charge in [0.15, 0.2) is 29.7 Å². The monoisotopic (exact) mass is 844 g/mol. The van der Waals surface area contributed by atoms with Crippen molar-refractivity contribution in [2.45, 2.75) is 58.2 Å². The number of carboxylic acids is 2. The van der Waals surface area contributed by atoms with Gasteiger partial charge in [0.2, 0.25) is 5.91 Å². The number of aromatic nitrogens is 2. The molecule has 320 valence electrons. The summed E-state index contributed by atoms with van der Waals surface area (Å²) >= 11 is 0. The zero-order valence-electron chi connectivity index (χ0n) is 32.4. The predicted molar refractivity (Wildman–Crippen MR) is 207 cm³/mol. The minimum Gasteiger partial charge on any atom is -0.479 e. The van der Waals surface area contributed by atoms with Crippen molar-refractivity contribution in [3.8, 4) is 11.1 Å². The van der Waals surface area contributed by atoms with Gasteiger partial charge in [0, 0.05) is 26.1 Å². The van der Waals surface area contributed by atoms with E-state index in [0.29, 0.717) is 24.2 Å². The van der Waals surface area contributed by atoms with E-state index in [2.05, 4.69) is 9.88 Å². The van der Waals surface area contributed by atoms with E-state index in [1.807, 2.05) is 26.0 Å². The number of aliphatic carboxylic acids is 2. The second-order valence-electron chi connectivity index (χ2n) is 13.5. The number of aryl methyl sites for hydroxylation is 2. The molecule has 0 spiro atoms. The van der Waals surface area contributed by atoms with E-state index in [0.717, 1.165) is 48.5 Å². The normalized spacial score (nSPS) is 12.4. The number of hydrogen-bond donors (Lipinski definition) is 4. The lowest BCUT2D eigenvalue weighted by Crippen LogP contribution is -2.40. The lowest BCUT2D eigenvalue weighted by atomic mass is 10.0. The standard InChI is InChI=1S/C38H36F6N4O2.C4H6O6/c1-3-46(4-2)21-22-47(23-25-9-11-26(12-10-25)27-13-17-29(18-14-27)38(42,43)44)34(49)24-48-32-8-6-5-7-30(32)37(50)45-33(48)20-16-28-15-19-31(39)36(41)35(28)40;5-1(3(7)8)2(6)4(9)10/h5-15,17-19H,3-4,16,20-24H2,1-2H3;1-2,5-6H,(H,7,8)(H,9,10). The number of nitrogens with zero attached hydrogens (tertiary/aromatic N) is 4. The minimum atomic E-state index is -4.43. The highest BCUT2D eigenvalue weighted by atomic mass is 19.4. The largest absolute Gasteiger partial charge is 0.479 e. The zero-order valence-corrected chi connectivity index (χ0v) is 32.4. The van der Waals surface area contributed by atoms with Crippen LogP contribution in [0.1, 0.15) is 36.4 Å². The van der Waals surface area contributed by atoms with Crippen molar-refractivity contribution in [2.75, 3.05) is 26.2 Å². The maximum absolute atomic E-state index is 14.5. The summed E-state index contributed by atoms with van der Waals surface area (Å²) in [5.74, 6) is -7.84. The zero-order chi connectivity index (χ0) is 44.3. The van der Waals surface area contributed by atoms with E-state index in [4.69, 9.17) is 20.4 Å². The molecule has 0 saturated heterocycles. The Hall–Kier alpha value is -6.11. The molecule has 0 saturated carbocycles. The fourth-order valence-electron chi connectivity index (χ4n) is 6.11. The van der Waals surface area contributed by atoms with Crippen LogP contribution in [0.2, 0.25) is 0 Å². The third-order valence-corrected chi connectivity index (χ3v) is 9.61. The molecule has 12 nitrogen and oxygen atoms in total. The summed E-state index contributed by atoms with van der Waals surface area (Å²) in [7, 11) is 0. The summed E-state index contributed by atoms with van der Waals surface area (Å²) in [5, 5.41) is 32.8. The summed E-state index contributed by atoms with van der Waals surface area (Å²) in [6.45, 7) is 6.60. The first-order chi connectivity index (χ1) is 28.4. The third-order valence-electron chi connectivity index (χ3n) is 9.61. The first-order valence-electron chi connectivity index (χ1n) is 18.5. The van der Waals surface area contributed by atoms with Crippen molar-refractivity contribution in [1.82, 2.24) is 19.4 Å². The Morgan fingerprint density at radius 1 is 0.750 bits per heavy atom. The van der Waals surface area contributed by atoms with Gasteiger partial charge in [-0.05, 0) is 72.1 Å². The van der Waals surface area contributed by atoms with Gasteiger partial charge in [-0.3, -0.25) is 9.59 Å². The van der Waals surface area contributed by atoms with E-state index in [1.165, 1.54) is 12.1 Å². The molecule has 5 rings (SSSR count). The number of aliphatic hydroxyl groups excluding tert-OH is 2. The van der Waals surface area contributed by atoms with E-state index in [-0.39, 0.29) is 48.6 Å². The fourth-order valence-corrected chi connectivity index (χ4v) is 6.11. The molecule has 1 aromatic heterocycles. The molecule has 5 aromatic rings. The average Bonchev–Trinajstić information content (AvgIpc) is 3.23. The van der Waals surface area contributed by atoms with Crippen LogP contribution in [0, 0.1) is 17.5 Å². The maximum atomic E-state index is 14.5. The SMILES string of the molecule is CCN(CC)CCN(Cc1ccc(-c2ccc(C(F)(F)F)cc2)cc1)C(=O)Cn1c(CCc2ccc(F)c(F)c2F)nc(=O)c2ccccc21.O=C(O)C(O)C(O)C(=O)O. The third kappa shape index (κ3) is 12.0. The Kier molecular flexibility index (Phi) is 16.1. The van der Waals surface area contributed by atoms with Gasteiger partial charge in [-0.25, -0.2) is 22.8 Å². The number of amides is 1. The number of halogens is 6. The number of rotatable bonds is 16. The number of benzene rings is 4. The van der Waals surface area contributed by atoms with E-state index >= 15 is 0 Å². The Labute approximate surface area is 339 Å². The predicted octanol–water partition coefficient (Wildman–Crippen LogP) is 5.53. The highest BCUT2D eigenvalue weighted by Crippen LogP contribution is 2.31. The molecule has 0 radical (unpaired) electrons. The molecule has 2 unspecified atom stereocenters. The summed E-state index contributed by atoms with van der Waals surface area (Å²) in [6.07, 6.45) is -9.09. The number of fused-ring (bicyclic) bond motifs is 1. The first-order valence-corrected chi connectivity index (χ1v) is 18.5. The van der Waals surface area contributed by atoms with Gasteiger partial charge in [0.25, 0.3) is 5.56 Å². The molecular weight excluding hydrogens is 802 g/mol. The lowest BCUT2D eigenvalue weighted by Gasteiger charge is -2.28. The summed E-state index contributed by atoms with van der Waals surface area (Å²) < 4.78 is 82.7. The molecule has 0 bridgehead atoms. The topological polar surface area (TPSA) is 174 Å². The van der Waals surface area contributed by atoms with Gasteiger partial charge in [-0.2, -0.15) is 18.2 Å². The van der Waals surface area contributed by atoms with Crippen LogP contribution < -0.4 is 5.56 Å². The quantitative estimate of drug-likeness (QED) is 0.0731. The number of carboxylic acid groups (broad SMARTS) is 2. The fraction of sp³-hybridized carbons (Fsp3) is 0.310. The maximum Gasteiger partial charge on any atom is 0.416 e. The van der Waals surface area contributed by atoms with Crippen LogP contribution >= 0.6 is 0 Å². The van der Waals surface area contributed by atoms with Gasteiger partial charge >= 0.3 is 18.1 Å². The van der Waals surface area contributed by atoms with Crippen LogP contribution in [0.4, 0.5) is 26.3 Å². The highest BCUT2D eigenvalue weighted by molar-refractivity contribution is 5.83.